The molecule has 0 unspecified atom stereocenters. The quantitative estimate of drug-likeness (QED) is 0.839. The van der Waals surface area contributed by atoms with Crippen molar-refractivity contribution in [2.75, 3.05) is 11.9 Å². The molecule has 0 spiro atoms. The van der Waals surface area contributed by atoms with Crippen LogP contribution in [0.4, 0.5) is 5.69 Å². The Labute approximate surface area is 161 Å². The predicted octanol–water partition coefficient (Wildman–Crippen LogP) is 4.24. The molecule has 5 nitrogen and oxygen atoms in total. The minimum atomic E-state index is 0. The average Bonchev–Trinajstić information content (AvgIpc) is 2.60. The summed E-state index contributed by atoms with van der Waals surface area (Å²) >= 11 is 0. The van der Waals surface area contributed by atoms with Crippen LogP contribution in [-0.2, 0) is 4.79 Å². The van der Waals surface area contributed by atoms with E-state index in [0.717, 1.165) is 25.1 Å². The van der Waals surface area contributed by atoms with E-state index in [1.165, 1.54) is 11.1 Å². The first kappa shape index (κ1) is 20.2. The van der Waals surface area contributed by atoms with Crippen LogP contribution in [0.2, 0.25) is 0 Å². The van der Waals surface area contributed by atoms with Gasteiger partial charge in [-0.3, -0.25) is 4.79 Å². The number of ether oxygens (including phenoxy) is 1. The highest BCUT2D eigenvalue weighted by molar-refractivity contribution is 5.92. The lowest BCUT2D eigenvalue weighted by molar-refractivity contribution is -0.120. The van der Waals surface area contributed by atoms with Crippen molar-refractivity contribution in [2.24, 2.45) is 5.92 Å². The molecule has 0 radical (unpaired) electrons. The van der Waals surface area contributed by atoms with Gasteiger partial charge in [-0.1, -0.05) is 6.07 Å². The lowest BCUT2D eigenvalue weighted by Crippen LogP contribution is -2.40. The Hall–Kier alpha value is -2.11. The average molecular weight is 376 g/mol. The standard InChI is InChI=1S/C20H25N3O2.ClH/c1-13-4-6-18(10-14(13)2)25-19-7-5-17(12-22-19)23-20(24)16-8-9-21-15(3)11-16;/h4-7,10,12,15-16,21H,8-9,11H2,1-3H3,(H,23,24);1H/t15-,16-;/m0./s1. The molecule has 26 heavy (non-hydrogen) atoms. The fourth-order valence-corrected chi connectivity index (χ4v) is 3.03. The van der Waals surface area contributed by atoms with E-state index >= 15 is 0 Å². The van der Waals surface area contributed by atoms with Crippen LogP contribution < -0.4 is 15.4 Å². The molecule has 3 rings (SSSR count). The van der Waals surface area contributed by atoms with Crippen LogP contribution in [0.3, 0.4) is 0 Å². The molecule has 0 saturated carbocycles. The van der Waals surface area contributed by atoms with Crippen LogP contribution in [0.5, 0.6) is 11.6 Å². The normalized spacial score (nSPS) is 19.3. The lowest BCUT2D eigenvalue weighted by atomic mass is 9.92. The van der Waals surface area contributed by atoms with E-state index in [4.69, 9.17) is 4.74 Å². The molecular formula is C20H26ClN3O2. The van der Waals surface area contributed by atoms with Crippen LogP contribution in [0.15, 0.2) is 36.5 Å². The van der Waals surface area contributed by atoms with Crippen molar-refractivity contribution in [2.45, 2.75) is 39.7 Å². The van der Waals surface area contributed by atoms with Crippen molar-refractivity contribution < 1.29 is 9.53 Å². The summed E-state index contributed by atoms with van der Waals surface area (Å²) in [7, 11) is 0. The molecule has 0 bridgehead atoms. The van der Waals surface area contributed by atoms with Crippen LogP contribution in [0.1, 0.15) is 30.9 Å². The molecule has 6 heteroatoms. The smallest absolute Gasteiger partial charge is 0.227 e. The maximum Gasteiger partial charge on any atom is 0.227 e. The number of hydrogen-bond donors (Lipinski definition) is 2. The number of nitrogens with one attached hydrogen (secondary N) is 2. The number of anilines is 1. The Morgan fingerprint density at radius 3 is 2.69 bits per heavy atom. The maximum absolute atomic E-state index is 12.4. The fourth-order valence-electron chi connectivity index (χ4n) is 3.03. The van der Waals surface area contributed by atoms with Gasteiger partial charge in [-0.2, -0.15) is 0 Å². The number of amides is 1. The van der Waals surface area contributed by atoms with E-state index in [0.29, 0.717) is 17.6 Å². The van der Waals surface area contributed by atoms with Crippen molar-refractivity contribution in [1.82, 2.24) is 10.3 Å². The van der Waals surface area contributed by atoms with Gasteiger partial charge >= 0.3 is 0 Å². The van der Waals surface area contributed by atoms with Crippen molar-refractivity contribution in [3.05, 3.63) is 47.7 Å². The minimum absolute atomic E-state index is 0. The first-order valence-electron chi connectivity index (χ1n) is 8.76. The third kappa shape index (κ3) is 5.19. The number of carbonyl (C=O) groups excluding carboxylic acids is 1. The summed E-state index contributed by atoms with van der Waals surface area (Å²) < 4.78 is 5.77. The number of benzene rings is 1. The third-order valence-corrected chi connectivity index (χ3v) is 4.70. The Bertz CT molecular complexity index is 749. The first-order valence-corrected chi connectivity index (χ1v) is 8.76. The highest BCUT2D eigenvalue weighted by atomic mass is 35.5. The number of aromatic nitrogens is 1. The maximum atomic E-state index is 12.4. The molecule has 2 atom stereocenters. The van der Waals surface area contributed by atoms with Gasteiger partial charge in [-0.25, -0.2) is 4.98 Å². The van der Waals surface area contributed by atoms with Crippen LogP contribution in [0.25, 0.3) is 0 Å². The van der Waals surface area contributed by atoms with Crippen LogP contribution in [-0.4, -0.2) is 23.5 Å². The van der Waals surface area contributed by atoms with Gasteiger partial charge in [-0.15, -0.1) is 12.4 Å². The second-order valence-electron chi connectivity index (χ2n) is 6.80. The molecule has 1 aromatic carbocycles. The predicted molar refractivity (Wildman–Crippen MR) is 106 cm³/mol. The summed E-state index contributed by atoms with van der Waals surface area (Å²) in [6.07, 6.45) is 3.38. The number of nitrogens with zero attached hydrogens (tertiary/aromatic N) is 1. The lowest BCUT2D eigenvalue weighted by Gasteiger charge is -2.27. The monoisotopic (exact) mass is 375 g/mol. The van der Waals surface area contributed by atoms with Crippen molar-refractivity contribution in [3.63, 3.8) is 0 Å². The minimum Gasteiger partial charge on any atom is -0.439 e. The Morgan fingerprint density at radius 2 is 2.04 bits per heavy atom. The van der Waals surface area contributed by atoms with E-state index in [9.17, 15) is 4.79 Å². The summed E-state index contributed by atoms with van der Waals surface area (Å²) in [6, 6.07) is 9.93. The number of pyridine rings is 1. The highest BCUT2D eigenvalue weighted by Gasteiger charge is 2.24. The molecule has 1 saturated heterocycles. The largest absolute Gasteiger partial charge is 0.439 e. The molecule has 1 aliphatic rings. The summed E-state index contributed by atoms with van der Waals surface area (Å²) in [5, 5.41) is 6.31. The molecule has 1 aliphatic heterocycles. The molecule has 2 heterocycles. The van der Waals surface area contributed by atoms with Crippen LogP contribution in [0, 0.1) is 19.8 Å². The second kappa shape index (κ2) is 9.01. The van der Waals surface area contributed by atoms with Gasteiger partial charge in [-0.05, 0) is 69.5 Å². The number of piperidine rings is 1. The second-order valence-corrected chi connectivity index (χ2v) is 6.80. The van der Waals surface area contributed by atoms with E-state index in [2.05, 4.69) is 36.4 Å². The first-order chi connectivity index (χ1) is 12.0. The number of carbonyl (C=O) groups is 1. The van der Waals surface area contributed by atoms with Gasteiger partial charge in [0.1, 0.15) is 5.75 Å². The van der Waals surface area contributed by atoms with Gasteiger partial charge in [0.25, 0.3) is 0 Å². The van der Waals surface area contributed by atoms with Crippen molar-refractivity contribution in [3.8, 4) is 11.6 Å². The van der Waals surface area contributed by atoms with Crippen molar-refractivity contribution >= 4 is 24.0 Å². The summed E-state index contributed by atoms with van der Waals surface area (Å²) in [6.45, 7) is 7.12. The molecule has 2 N–H and O–H groups in total. The zero-order valence-electron chi connectivity index (χ0n) is 15.4. The topological polar surface area (TPSA) is 63.2 Å². The molecule has 0 aliphatic carbocycles. The van der Waals surface area contributed by atoms with Gasteiger partial charge in [0, 0.05) is 18.0 Å². The summed E-state index contributed by atoms with van der Waals surface area (Å²) in [5.74, 6) is 1.40. The van der Waals surface area contributed by atoms with Gasteiger partial charge in [0.15, 0.2) is 0 Å². The number of hydrogen-bond acceptors (Lipinski definition) is 4. The fraction of sp³-hybridized carbons (Fsp3) is 0.400. The Balaban J connectivity index is 0.00000243. The zero-order valence-corrected chi connectivity index (χ0v) is 16.2. The van der Waals surface area contributed by atoms with E-state index in [-0.39, 0.29) is 24.2 Å². The molecule has 1 aromatic heterocycles. The summed E-state index contributed by atoms with van der Waals surface area (Å²) in [5.41, 5.74) is 3.10. The number of halogens is 1. The SMILES string of the molecule is Cc1ccc(Oc2ccc(NC(=O)[C@H]3CCN[C@@H](C)C3)cn2)cc1C.Cl. The molecule has 1 amide bonds. The zero-order chi connectivity index (χ0) is 17.8. The van der Waals surface area contributed by atoms with Gasteiger partial charge in [0.05, 0.1) is 11.9 Å². The number of rotatable bonds is 4. The Kier molecular flexibility index (Phi) is 7.00. The number of aryl methyl sites for hydroxylation is 2. The van der Waals surface area contributed by atoms with Gasteiger partial charge in [0.2, 0.25) is 11.8 Å². The van der Waals surface area contributed by atoms with E-state index < -0.39 is 0 Å². The Morgan fingerprint density at radius 1 is 1.23 bits per heavy atom. The van der Waals surface area contributed by atoms with Gasteiger partial charge < -0.3 is 15.4 Å². The molecule has 2 aromatic rings. The molecular weight excluding hydrogens is 350 g/mol. The third-order valence-electron chi connectivity index (χ3n) is 4.70. The summed E-state index contributed by atoms with van der Waals surface area (Å²) in [4.78, 5) is 16.7. The highest BCUT2D eigenvalue weighted by Crippen LogP contribution is 2.23. The van der Waals surface area contributed by atoms with E-state index in [1.807, 2.05) is 24.3 Å². The van der Waals surface area contributed by atoms with Crippen molar-refractivity contribution in [1.29, 1.82) is 0 Å². The molecule has 140 valence electrons. The van der Waals surface area contributed by atoms with Crippen LogP contribution >= 0.6 is 12.4 Å². The molecule has 1 fully saturated rings. The van der Waals surface area contributed by atoms with E-state index in [1.54, 1.807) is 12.3 Å².